The third-order valence-electron chi connectivity index (χ3n) is 4.35. The van der Waals surface area contributed by atoms with Gasteiger partial charge in [0.25, 0.3) is 0 Å². The number of Topliss-reactive ketones (excluding diaryl/α,β-unsaturated/α-hetero) is 2. The van der Waals surface area contributed by atoms with Gasteiger partial charge in [0, 0.05) is 37.3 Å². The minimum absolute atomic E-state index is 0.0429. The maximum Gasteiger partial charge on any atom is 0.213 e. The molecule has 8 heteroatoms. The molecule has 2 aliphatic rings. The van der Waals surface area contributed by atoms with E-state index in [1.807, 2.05) is 0 Å². The lowest BCUT2D eigenvalue weighted by molar-refractivity contribution is 0.0933. The molecule has 0 aromatic heterocycles. The molecule has 1 aliphatic heterocycles. The fourth-order valence-electron chi connectivity index (χ4n) is 2.99. The highest BCUT2D eigenvalue weighted by Crippen LogP contribution is 2.31. The summed E-state index contributed by atoms with van der Waals surface area (Å²) < 4.78 is 25.3. The van der Waals surface area contributed by atoms with E-state index in [1.165, 1.54) is 4.31 Å². The van der Waals surface area contributed by atoms with Crippen LogP contribution in [-0.4, -0.2) is 61.1 Å². The van der Waals surface area contributed by atoms with Crippen molar-refractivity contribution in [3.8, 4) is 0 Å². The third kappa shape index (κ3) is 2.76. The van der Waals surface area contributed by atoms with Gasteiger partial charge in [0.05, 0.1) is 5.75 Å². The standard InChI is InChI=1S/C16H17ClN2O4S/c1-2-24(22,23)19-9-7-18(8-10-19)14-13(17)15(20)11-5-3-4-6-12(11)16(14)21/h3-6H,2,7-10H2,1H3. The van der Waals surface area contributed by atoms with Gasteiger partial charge in [-0.1, -0.05) is 35.9 Å². The topological polar surface area (TPSA) is 74.8 Å². The van der Waals surface area contributed by atoms with E-state index in [0.29, 0.717) is 24.2 Å². The van der Waals surface area contributed by atoms with Crippen LogP contribution in [-0.2, 0) is 10.0 Å². The molecule has 128 valence electrons. The number of carbonyl (C=O) groups excluding carboxylic acids is 2. The molecule has 0 atom stereocenters. The maximum atomic E-state index is 12.7. The molecule has 1 aromatic carbocycles. The summed E-state index contributed by atoms with van der Waals surface area (Å²) in [6, 6.07) is 6.58. The Kier molecular flexibility index (Phi) is 4.50. The van der Waals surface area contributed by atoms with E-state index in [1.54, 1.807) is 36.1 Å². The van der Waals surface area contributed by atoms with E-state index in [-0.39, 0.29) is 41.1 Å². The van der Waals surface area contributed by atoms with Gasteiger partial charge in [-0.15, -0.1) is 0 Å². The number of piperazine rings is 1. The molecular formula is C16H17ClN2O4S. The molecule has 6 nitrogen and oxygen atoms in total. The Morgan fingerprint density at radius 2 is 1.54 bits per heavy atom. The van der Waals surface area contributed by atoms with Gasteiger partial charge < -0.3 is 4.90 Å². The van der Waals surface area contributed by atoms with Crippen molar-refractivity contribution in [1.29, 1.82) is 0 Å². The first kappa shape index (κ1) is 17.1. The minimum atomic E-state index is -3.26. The van der Waals surface area contributed by atoms with Crippen molar-refractivity contribution >= 4 is 33.2 Å². The summed E-state index contributed by atoms with van der Waals surface area (Å²) >= 11 is 6.18. The van der Waals surface area contributed by atoms with Crippen LogP contribution >= 0.6 is 11.6 Å². The SMILES string of the molecule is CCS(=O)(=O)N1CCN(C2=C(Cl)C(=O)c3ccccc3C2=O)CC1. The van der Waals surface area contributed by atoms with E-state index in [9.17, 15) is 18.0 Å². The van der Waals surface area contributed by atoms with Gasteiger partial charge in [-0.05, 0) is 6.92 Å². The highest BCUT2D eigenvalue weighted by Gasteiger charge is 2.36. The fraction of sp³-hybridized carbons (Fsp3) is 0.375. The number of hydrogen-bond donors (Lipinski definition) is 0. The van der Waals surface area contributed by atoms with Crippen molar-refractivity contribution < 1.29 is 18.0 Å². The Labute approximate surface area is 145 Å². The molecule has 1 fully saturated rings. The molecule has 0 spiro atoms. The number of ketones is 2. The number of allylic oxidation sites excluding steroid dienone is 2. The predicted octanol–water partition coefficient (Wildman–Crippen LogP) is 1.48. The zero-order valence-electron chi connectivity index (χ0n) is 13.2. The van der Waals surface area contributed by atoms with E-state index in [4.69, 9.17) is 11.6 Å². The highest BCUT2D eigenvalue weighted by molar-refractivity contribution is 7.89. The lowest BCUT2D eigenvalue weighted by Crippen LogP contribution is -2.50. The van der Waals surface area contributed by atoms with E-state index < -0.39 is 10.0 Å². The van der Waals surface area contributed by atoms with Crippen LogP contribution in [0.4, 0.5) is 0 Å². The van der Waals surface area contributed by atoms with E-state index >= 15 is 0 Å². The summed E-state index contributed by atoms with van der Waals surface area (Å²) in [6.07, 6.45) is 0. The number of carbonyl (C=O) groups is 2. The number of fused-ring (bicyclic) bond motifs is 1. The van der Waals surface area contributed by atoms with Gasteiger partial charge in [0.2, 0.25) is 21.6 Å². The van der Waals surface area contributed by atoms with Crippen LogP contribution in [0.5, 0.6) is 0 Å². The molecule has 24 heavy (non-hydrogen) atoms. The van der Waals surface area contributed by atoms with Crippen LogP contribution in [0.1, 0.15) is 27.6 Å². The van der Waals surface area contributed by atoms with Crippen molar-refractivity contribution in [2.75, 3.05) is 31.9 Å². The lowest BCUT2D eigenvalue weighted by atomic mass is 9.91. The summed E-state index contributed by atoms with van der Waals surface area (Å²) in [6.45, 7) is 2.79. The van der Waals surface area contributed by atoms with Gasteiger partial charge in [-0.25, -0.2) is 8.42 Å². The first-order valence-corrected chi connectivity index (χ1v) is 9.66. The number of benzene rings is 1. The molecule has 1 saturated heterocycles. The first-order valence-electron chi connectivity index (χ1n) is 7.67. The Hall–Kier alpha value is -1.70. The van der Waals surface area contributed by atoms with Crippen LogP contribution in [0, 0.1) is 0 Å². The van der Waals surface area contributed by atoms with Gasteiger partial charge in [0.15, 0.2) is 0 Å². The lowest BCUT2D eigenvalue weighted by Gasteiger charge is -2.37. The van der Waals surface area contributed by atoms with Crippen LogP contribution in [0.3, 0.4) is 0 Å². The molecule has 0 bridgehead atoms. The second-order valence-corrected chi connectivity index (χ2v) is 8.29. The molecule has 0 N–H and O–H groups in total. The van der Waals surface area contributed by atoms with Crippen LogP contribution in [0.2, 0.25) is 0 Å². The van der Waals surface area contributed by atoms with Crippen molar-refractivity contribution in [3.05, 3.63) is 46.1 Å². The van der Waals surface area contributed by atoms with Crippen LogP contribution in [0.25, 0.3) is 0 Å². The summed E-state index contributed by atoms with van der Waals surface area (Å²) in [5.41, 5.74) is 0.822. The Morgan fingerprint density at radius 1 is 1.00 bits per heavy atom. The molecule has 3 rings (SSSR count). The van der Waals surface area contributed by atoms with Crippen molar-refractivity contribution in [3.63, 3.8) is 0 Å². The number of sulfonamides is 1. The Balaban J connectivity index is 1.87. The highest BCUT2D eigenvalue weighted by atomic mass is 35.5. The molecule has 1 heterocycles. The normalized spacial score (nSPS) is 19.7. The smallest absolute Gasteiger partial charge is 0.213 e. The average Bonchev–Trinajstić information content (AvgIpc) is 2.60. The second kappa shape index (κ2) is 6.31. The average molecular weight is 369 g/mol. The van der Waals surface area contributed by atoms with Gasteiger partial charge >= 0.3 is 0 Å². The molecule has 0 radical (unpaired) electrons. The third-order valence-corrected chi connectivity index (χ3v) is 6.58. The van der Waals surface area contributed by atoms with Gasteiger partial charge in [0.1, 0.15) is 10.7 Å². The number of hydrogen-bond acceptors (Lipinski definition) is 5. The largest absolute Gasteiger partial charge is 0.364 e. The second-order valence-electron chi connectivity index (χ2n) is 5.65. The summed E-state index contributed by atoms with van der Waals surface area (Å²) in [5.74, 6) is -0.617. The summed E-state index contributed by atoms with van der Waals surface area (Å²) in [7, 11) is -3.26. The minimum Gasteiger partial charge on any atom is -0.364 e. The number of rotatable bonds is 3. The quantitative estimate of drug-likeness (QED) is 0.808. The Bertz CT molecular complexity index is 839. The summed E-state index contributed by atoms with van der Waals surface area (Å²) in [5, 5.41) is -0.0921. The van der Waals surface area contributed by atoms with Gasteiger partial charge in [-0.2, -0.15) is 4.31 Å². The monoisotopic (exact) mass is 368 g/mol. The molecule has 1 aromatic rings. The number of halogens is 1. The van der Waals surface area contributed by atoms with Crippen LogP contribution < -0.4 is 0 Å². The Morgan fingerprint density at radius 3 is 2.08 bits per heavy atom. The number of nitrogens with zero attached hydrogens (tertiary/aromatic N) is 2. The molecule has 0 unspecified atom stereocenters. The van der Waals surface area contributed by atoms with Gasteiger partial charge in [-0.3, -0.25) is 9.59 Å². The van der Waals surface area contributed by atoms with Crippen molar-refractivity contribution in [1.82, 2.24) is 9.21 Å². The van der Waals surface area contributed by atoms with E-state index in [2.05, 4.69) is 0 Å². The predicted molar refractivity (Wildman–Crippen MR) is 90.6 cm³/mol. The molecule has 0 saturated carbocycles. The maximum absolute atomic E-state index is 12.7. The van der Waals surface area contributed by atoms with Crippen molar-refractivity contribution in [2.24, 2.45) is 0 Å². The molecule has 0 amide bonds. The van der Waals surface area contributed by atoms with E-state index in [0.717, 1.165) is 0 Å². The van der Waals surface area contributed by atoms with Crippen molar-refractivity contribution in [2.45, 2.75) is 6.92 Å². The molecular weight excluding hydrogens is 352 g/mol. The fourth-order valence-corrected chi connectivity index (χ4v) is 4.38. The summed E-state index contributed by atoms with van der Waals surface area (Å²) in [4.78, 5) is 26.9. The molecule has 1 aliphatic carbocycles. The zero-order valence-corrected chi connectivity index (χ0v) is 14.7. The zero-order chi connectivity index (χ0) is 17.5. The first-order chi connectivity index (χ1) is 11.4. The van der Waals surface area contributed by atoms with Crippen LogP contribution in [0.15, 0.2) is 35.0 Å².